The maximum absolute atomic E-state index is 11.0. The third-order valence-corrected chi connectivity index (χ3v) is 2.11. The van der Waals surface area contributed by atoms with Crippen LogP contribution in [0.3, 0.4) is 0 Å². The van der Waals surface area contributed by atoms with E-state index in [0.29, 0.717) is 19.1 Å². The molecular formula is C13H20N2O2. The van der Waals surface area contributed by atoms with Gasteiger partial charge in [0.05, 0.1) is 6.61 Å². The van der Waals surface area contributed by atoms with Gasteiger partial charge in [-0.1, -0.05) is 32.0 Å². The summed E-state index contributed by atoms with van der Waals surface area (Å²) in [7, 11) is 0. The Hall–Kier alpha value is -1.39. The Bertz CT molecular complexity index is 364. The molecule has 0 aliphatic carbocycles. The summed E-state index contributed by atoms with van der Waals surface area (Å²) in [5.74, 6) is 0.425. The summed E-state index contributed by atoms with van der Waals surface area (Å²) in [6.07, 6.45) is 0. The van der Waals surface area contributed by atoms with Gasteiger partial charge in [0, 0.05) is 19.2 Å². The van der Waals surface area contributed by atoms with E-state index < -0.39 is 0 Å². The number of rotatable bonds is 6. The van der Waals surface area contributed by atoms with Crippen LogP contribution in [0.2, 0.25) is 0 Å². The van der Waals surface area contributed by atoms with Crippen molar-refractivity contribution < 1.29 is 9.63 Å². The quantitative estimate of drug-likeness (QED) is 0.588. The van der Waals surface area contributed by atoms with Gasteiger partial charge in [-0.15, -0.1) is 0 Å². The molecule has 1 aromatic carbocycles. The summed E-state index contributed by atoms with van der Waals surface area (Å²) in [6, 6.07) is 7.66. The van der Waals surface area contributed by atoms with Gasteiger partial charge in [0.25, 0.3) is 0 Å². The number of carbonyl (C=O) groups excluding carboxylic acids is 1. The van der Waals surface area contributed by atoms with Gasteiger partial charge in [-0.2, -0.15) is 5.48 Å². The molecule has 0 unspecified atom stereocenters. The lowest BCUT2D eigenvalue weighted by Crippen LogP contribution is -2.18. The Morgan fingerprint density at radius 1 is 1.35 bits per heavy atom. The Kier molecular flexibility index (Phi) is 5.66. The van der Waals surface area contributed by atoms with Crippen LogP contribution in [0.4, 0.5) is 5.69 Å². The van der Waals surface area contributed by atoms with Crippen LogP contribution in [0.5, 0.6) is 0 Å². The highest BCUT2D eigenvalue weighted by Crippen LogP contribution is 2.14. The summed E-state index contributed by atoms with van der Waals surface area (Å²) in [6.45, 7) is 6.92. The fraction of sp³-hybridized carbons (Fsp3) is 0.462. The van der Waals surface area contributed by atoms with E-state index >= 15 is 0 Å². The molecule has 94 valence electrons. The van der Waals surface area contributed by atoms with Crippen molar-refractivity contribution in [3.63, 3.8) is 0 Å². The molecule has 0 aromatic heterocycles. The zero-order valence-electron chi connectivity index (χ0n) is 10.6. The zero-order valence-corrected chi connectivity index (χ0v) is 10.6. The molecule has 0 aliphatic rings. The van der Waals surface area contributed by atoms with E-state index in [0.717, 1.165) is 11.3 Å². The molecule has 0 spiro atoms. The lowest BCUT2D eigenvalue weighted by atomic mass is 10.2. The highest BCUT2D eigenvalue weighted by atomic mass is 16.6. The SMILES string of the molecule is CC(=O)Nc1ccccc1CNOCC(C)C. The summed E-state index contributed by atoms with van der Waals surface area (Å²) >= 11 is 0. The van der Waals surface area contributed by atoms with Crippen molar-refractivity contribution in [3.8, 4) is 0 Å². The van der Waals surface area contributed by atoms with Crippen molar-refractivity contribution in [1.82, 2.24) is 5.48 Å². The summed E-state index contributed by atoms with van der Waals surface area (Å²) in [5.41, 5.74) is 4.72. The van der Waals surface area contributed by atoms with Crippen LogP contribution >= 0.6 is 0 Å². The highest BCUT2D eigenvalue weighted by Gasteiger charge is 2.03. The minimum absolute atomic E-state index is 0.0689. The molecule has 1 amide bonds. The van der Waals surface area contributed by atoms with Gasteiger partial charge < -0.3 is 10.2 Å². The predicted molar refractivity (Wildman–Crippen MR) is 68.4 cm³/mol. The first-order valence-electron chi connectivity index (χ1n) is 5.79. The van der Waals surface area contributed by atoms with E-state index in [-0.39, 0.29) is 5.91 Å². The molecule has 0 radical (unpaired) electrons. The van der Waals surface area contributed by atoms with Crippen LogP contribution in [-0.4, -0.2) is 12.5 Å². The van der Waals surface area contributed by atoms with Crippen molar-refractivity contribution in [3.05, 3.63) is 29.8 Å². The molecule has 0 aliphatic heterocycles. The van der Waals surface area contributed by atoms with Gasteiger partial charge in [0.2, 0.25) is 5.91 Å². The van der Waals surface area contributed by atoms with E-state index in [1.165, 1.54) is 6.92 Å². The molecule has 0 bridgehead atoms. The van der Waals surface area contributed by atoms with Gasteiger partial charge in [0.1, 0.15) is 0 Å². The molecule has 4 heteroatoms. The largest absolute Gasteiger partial charge is 0.326 e. The van der Waals surface area contributed by atoms with Crippen LogP contribution < -0.4 is 10.8 Å². The minimum atomic E-state index is -0.0689. The maximum atomic E-state index is 11.0. The summed E-state index contributed by atoms with van der Waals surface area (Å²) in [4.78, 5) is 16.3. The number of carbonyl (C=O) groups is 1. The molecule has 1 aromatic rings. The van der Waals surface area contributed by atoms with Crippen LogP contribution in [0.25, 0.3) is 0 Å². The molecule has 0 heterocycles. The van der Waals surface area contributed by atoms with Crippen LogP contribution in [0.1, 0.15) is 26.3 Å². The lowest BCUT2D eigenvalue weighted by molar-refractivity contribution is -0.114. The Morgan fingerprint density at radius 3 is 2.71 bits per heavy atom. The number of nitrogens with one attached hydrogen (secondary N) is 2. The summed E-state index contributed by atoms with van der Waals surface area (Å²) < 4.78 is 0. The smallest absolute Gasteiger partial charge is 0.221 e. The van der Waals surface area contributed by atoms with Crippen molar-refractivity contribution in [2.24, 2.45) is 5.92 Å². The third kappa shape index (κ3) is 5.47. The van der Waals surface area contributed by atoms with Crippen LogP contribution in [0.15, 0.2) is 24.3 Å². The van der Waals surface area contributed by atoms with E-state index in [4.69, 9.17) is 4.84 Å². The lowest BCUT2D eigenvalue weighted by Gasteiger charge is -2.11. The number of hydrogen-bond acceptors (Lipinski definition) is 3. The second kappa shape index (κ2) is 7.04. The van der Waals surface area contributed by atoms with Crippen molar-refractivity contribution in [1.29, 1.82) is 0 Å². The second-order valence-corrected chi connectivity index (χ2v) is 4.36. The van der Waals surface area contributed by atoms with Gasteiger partial charge in [-0.3, -0.25) is 4.79 Å². The number of amides is 1. The van der Waals surface area contributed by atoms with Crippen molar-refractivity contribution in [2.45, 2.75) is 27.3 Å². The molecule has 0 saturated carbocycles. The van der Waals surface area contributed by atoms with Crippen LogP contribution in [0, 0.1) is 5.92 Å². The van der Waals surface area contributed by atoms with Gasteiger partial charge in [-0.25, -0.2) is 0 Å². The first-order chi connectivity index (χ1) is 8.09. The molecule has 17 heavy (non-hydrogen) atoms. The minimum Gasteiger partial charge on any atom is -0.326 e. The van der Waals surface area contributed by atoms with Crippen LogP contribution in [-0.2, 0) is 16.2 Å². The first kappa shape index (κ1) is 13.7. The number of hydrogen-bond donors (Lipinski definition) is 2. The Balaban J connectivity index is 2.49. The van der Waals surface area contributed by atoms with E-state index in [2.05, 4.69) is 24.6 Å². The fourth-order valence-corrected chi connectivity index (χ4v) is 1.34. The Labute approximate surface area is 102 Å². The molecule has 4 nitrogen and oxygen atoms in total. The first-order valence-corrected chi connectivity index (χ1v) is 5.79. The fourth-order valence-electron chi connectivity index (χ4n) is 1.34. The van der Waals surface area contributed by atoms with Gasteiger partial charge >= 0.3 is 0 Å². The number of hydroxylamine groups is 1. The van der Waals surface area contributed by atoms with E-state index in [1.807, 2.05) is 24.3 Å². The number of para-hydroxylation sites is 1. The Morgan fingerprint density at radius 2 is 2.06 bits per heavy atom. The molecular weight excluding hydrogens is 216 g/mol. The average molecular weight is 236 g/mol. The normalized spacial score (nSPS) is 10.6. The molecule has 0 atom stereocenters. The molecule has 1 rings (SSSR count). The maximum Gasteiger partial charge on any atom is 0.221 e. The highest BCUT2D eigenvalue weighted by molar-refractivity contribution is 5.89. The average Bonchev–Trinajstić information content (AvgIpc) is 2.25. The molecule has 2 N–H and O–H groups in total. The summed E-state index contributed by atoms with van der Waals surface area (Å²) in [5, 5.41) is 2.79. The van der Waals surface area contributed by atoms with E-state index in [1.54, 1.807) is 0 Å². The standard InChI is InChI=1S/C13H20N2O2/c1-10(2)9-17-14-8-12-6-4-5-7-13(12)15-11(3)16/h4-7,10,14H,8-9H2,1-3H3,(H,15,16). The molecule has 0 fully saturated rings. The van der Waals surface area contributed by atoms with Crippen molar-refractivity contribution >= 4 is 11.6 Å². The van der Waals surface area contributed by atoms with Gasteiger partial charge in [0.15, 0.2) is 0 Å². The number of anilines is 1. The van der Waals surface area contributed by atoms with Crippen molar-refractivity contribution in [2.75, 3.05) is 11.9 Å². The van der Waals surface area contributed by atoms with E-state index in [9.17, 15) is 4.79 Å². The zero-order chi connectivity index (χ0) is 12.7. The second-order valence-electron chi connectivity index (χ2n) is 4.36. The predicted octanol–water partition coefficient (Wildman–Crippen LogP) is 2.32. The molecule has 0 saturated heterocycles. The monoisotopic (exact) mass is 236 g/mol. The van der Waals surface area contributed by atoms with Gasteiger partial charge in [-0.05, 0) is 17.5 Å². The number of benzene rings is 1. The third-order valence-electron chi connectivity index (χ3n) is 2.11. The topological polar surface area (TPSA) is 50.4 Å².